The van der Waals surface area contributed by atoms with E-state index in [1.54, 1.807) is 0 Å². The topological polar surface area (TPSA) is 41.1 Å². The Kier molecular flexibility index (Phi) is 4.69. The van der Waals surface area contributed by atoms with Gasteiger partial charge in [0.15, 0.2) is 0 Å². The van der Waals surface area contributed by atoms with Crippen LogP contribution in [0.1, 0.15) is 22.4 Å². The minimum absolute atomic E-state index is 0.767. The molecule has 1 aromatic carbocycles. The zero-order chi connectivity index (χ0) is 14.5. The molecule has 0 atom stereocenters. The molecule has 0 aliphatic rings. The van der Waals surface area contributed by atoms with Gasteiger partial charge in [-0.25, -0.2) is 9.97 Å². The lowest BCUT2D eigenvalue weighted by Gasteiger charge is -2.18. The predicted molar refractivity (Wildman–Crippen MR) is 82.8 cm³/mol. The molecule has 20 heavy (non-hydrogen) atoms. The van der Waals surface area contributed by atoms with Crippen molar-refractivity contribution >= 4 is 5.95 Å². The molecule has 0 aliphatic heterocycles. The van der Waals surface area contributed by atoms with E-state index < -0.39 is 0 Å². The molecule has 0 unspecified atom stereocenters. The number of hydrogen-bond acceptors (Lipinski definition) is 4. The normalized spacial score (nSPS) is 10.6. The summed E-state index contributed by atoms with van der Waals surface area (Å²) in [6.07, 6.45) is 1.90. The highest BCUT2D eigenvalue weighted by molar-refractivity contribution is 5.34. The van der Waals surface area contributed by atoms with E-state index in [4.69, 9.17) is 0 Å². The second kappa shape index (κ2) is 6.48. The third kappa shape index (κ3) is 3.54. The molecular weight excluding hydrogens is 248 g/mol. The minimum Gasteiger partial charge on any atom is -0.340 e. The second-order valence-electron chi connectivity index (χ2n) is 5.16. The van der Waals surface area contributed by atoms with Crippen LogP contribution in [0.25, 0.3) is 0 Å². The Labute approximate surface area is 120 Å². The molecule has 1 N–H and O–H groups in total. The molecule has 0 saturated carbocycles. The summed E-state index contributed by atoms with van der Waals surface area (Å²) < 4.78 is 0. The molecule has 0 saturated heterocycles. The summed E-state index contributed by atoms with van der Waals surface area (Å²) in [5.74, 6) is 0.767. The molecule has 4 nitrogen and oxygen atoms in total. The summed E-state index contributed by atoms with van der Waals surface area (Å²) in [5, 5.41) is 3.13. The van der Waals surface area contributed by atoms with Gasteiger partial charge < -0.3 is 10.2 Å². The van der Waals surface area contributed by atoms with Gasteiger partial charge in [-0.05, 0) is 26.5 Å². The maximum Gasteiger partial charge on any atom is 0.225 e. The van der Waals surface area contributed by atoms with Gasteiger partial charge >= 0.3 is 0 Å². The first kappa shape index (κ1) is 14.5. The quantitative estimate of drug-likeness (QED) is 0.906. The van der Waals surface area contributed by atoms with E-state index in [0.29, 0.717) is 0 Å². The second-order valence-corrected chi connectivity index (χ2v) is 5.16. The Bertz CT molecular complexity index is 580. The third-order valence-electron chi connectivity index (χ3n) is 3.28. The van der Waals surface area contributed by atoms with Crippen LogP contribution in [0.3, 0.4) is 0 Å². The van der Waals surface area contributed by atoms with Crippen molar-refractivity contribution in [3.8, 4) is 0 Å². The van der Waals surface area contributed by atoms with E-state index >= 15 is 0 Å². The van der Waals surface area contributed by atoms with Crippen molar-refractivity contribution in [2.45, 2.75) is 26.9 Å². The van der Waals surface area contributed by atoms with Gasteiger partial charge in [0.1, 0.15) is 0 Å². The summed E-state index contributed by atoms with van der Waals surface area (Å²) in [4.78, 5) is 11.1. The fraction of sp³-hybridized carbons (Fsp3) is 0.375. The van der Waals surface area contributed by atoms with E-state index in [1.165, 1.54) is 11.1 Å². The SMILES string of the molecule is CNCc1cnc(N(C)Cc2cccc(C)c2)nc1C. The number of hydrogen-bond donors (Lipinski definition) is 1. The molecule has 0 amide bonds. The van der Waals surface area contributed by atoms with Crippen molar-refractivity contribution in [2.75, 3.05) is 19.0 Å². The van der Waals surface area contributed by atoms with E-state index in [-0.39, 0.29) is 0 Å². The molecule has 0 aliphatic carbocycles. The standard InChI is InChI=1S/C16H22N4/c1-12-6-5-7-14(8-12)11-20(4)16-18-10-15(9-17-3)13(2)19-16/h5-8,10,17H,9,11H2,1-4H3. The lowest BCUT2D eigenvalue weighted by atomic mass is 10.1. The highest BCUT2D eigenvalue weighted by Crippen LogP contribution is 2.13. The monoisotopic (exact) mass is 270 g/mol. The lowest BCUT2D eigenvalue weighted by Crippen LogP contribution is -2.20. The van der Waals surface area contributed by atoms with Gasteiger partial charge in [0.25, 0.3) is 0 Å². The first-order valence-corrected chi connectivity index (χ1v) is 6.84. The van der Waals surface area contributed by atoms with Crippen molar-refractivity contribution in [1.82, 2.24) is 15.3 Å². The average Bonchev–Trinajstić information content (AvgIpc) is 2.41. The van der Waals surface area contributed by atoms with Crippen LogP contribution in [0.15, 0.2) is 30.5 Å². The van der Waals surface area contributed by atoms with Crippen LogP contribution in [-0.2, 0) is 13.1 Å². The third-order valence-corrected chi connectivity index (χ3v) is 3.28. The van der Waals surface area contributed by atoms with E-state index in [9.17, 15) is 0 Å². The molecule has 106 valence electrons. The maximum absolute atomic E-state index is 4.59. The van der Waals surface area contributed by atoms with Gasteiger partial charge in [0.05, 0.1) is 0 Å². The smallest absolute Gasteiger partial charge is 0.225 e. The Balaban J connectivity index is 2.13. The number of aromatic nitrogens is 2. The lowest BCUT2D eigenvalue weighted by molar-refractivity contribution is 0.785. The molecule has 1 heterocycles. The number of rotatable bonds is 5. The molecule has 0 bridgehead atoms. The Morgan fingerprint density at radius 2 is 2.05 bits per heavy atom. The molecule has 0 radical (unpaired) electrons. The fourth-order valence-corrected chi connectivity index (χ4v) is 2.18. The highest BCUT2D eigenvalue weighted by atomic mass is 15.2. The largest absolute Gasteiger partial charge is 0.340 e. The van der Waals surface area contributed by atoms with Crippen molar-refractivity contribution in [3.63, 3.8) is 0 Å². The molecule has 2 rings (SSSR count). The van der Waals surface area contributed by atoms with Crippen molar-refractivity contribution in [3.05, 3.63) is 52.8 Å². The van der Waals surface area contributed by atoms with E-state index in [0.717, 1.165) is 30.3 Å². The molecule has 4 heteroatoms. The van der Waals surface area contributed by atoms with Gasteiger partial charge in [0.2, 0.25) is 5.95 Å². The zero-order valence-electron chi connectivity index (χ0n) is 12.6. The van der Waals surface area contributed by atoms with Crippen LogP contribution in [0.2, 0.25) is 0 Å². The Hall–Kier alpha value is -1.94. The van der Waals surface area contributed by atoms with Crippen LogP contribution in [0.5, 0.6) is 0 Å². The highest BCUT2D eigenvalue weighted by Gasteiger charge is 2.08. The van der Waals surface area contributed by atoms with Crippen LogP contribution in [0.4, 0.5) is 5.95 Å². The van der Waals surface area contributed by atoms with Gasteiger partial charge in [-0.15, -0.1) is 0 Å². The van der Waals surface area contributed by atoms with Crippen LogP contribution >= 0.6 is 0 Å². The fourth-order valence-electron chi connectivity index (χ4n) is 2.18. The minimum atomic E-state index is 0.767. The van der Waals surface area contributed by atoms with Gasteiger partial charge in [0, 0.05) is 37.6 Å². The molecular formula is C16H22N4. The predicted octanol–water partition coefficient (Wildman–Crippen LogP) is 2.45. The van der Waals surface area contributed by atoms with E-state index in [2.05, 4.69) is 51.4 Å². The number of benzene rings is 1. The zero-order valence-corrected chi connectivity index (χ0v) is 12.6. The number of anilines is 1. The summed E-state index contributed by atoms with van der Waals surface area (Å²) in [7, 11) is 3.95. The number of nitrogens with zero attached hydrogens (tertiary/aromatic N) is 3. The molecule has 2 aromatic rings. The Morgan fingerprint density at radius 1 is 1.25 bits per heavy atom. The van der Waals surface area contributed by atoms with Crippen molar-refractivity contribution in [1.29, 1.82) is 0 Å². The molecule has 0 fully saturated rings. The van der Waals surface area contributed by atoms with Crippen molar-refractivity contribution < 1.29 is 0 Å². The van der Waals surface area contributed by atoms with Crippen LogP contribution in [0, 0.1) is 13.8 Å². The first-order chi connectivity index (χ1) is 9.60. The summed E-state index contributed by atoms with van der Waals surface area (Å²) in [5.41, 5.74) is 4.71. The number of nitrogens with one attached hydrogen (secondary N) is 1. The summed E-state index contributed by atoms with van der Waals surface area (Å²) in [6.45, 7) is 5.75. The van der Waals surface area contributed by atoms with Gasteiger partial charge in [-0.1, -0.05) is 29.8 Å². The van der Waals surface area contributed by atoms with Crippen molar-refractivity contribution in [2.24, 2.45) is 0 Å². The average molecular weight is 270 g/mol. The Morgan fingerprint density at radius 3 is 2.70 bits per heavy atom. The summed E-state index contributed by atoms with van der Waals surface area (Å²) >= 11 is 0. The van der Waals surface area contributed by atoms with Gasteiger partial charge in [-0.3, -0.25) is 0 Å². The molecule has 1 aromatic heterocycles. The number of aryl methyl sites for hydroxylation is 2. The molecule has 0 spiro atoms. The summed E-state index contributed by atoms with van der Waals surface area (Å²) in [6, 6.07) is 8.52. The van der Waals surface area contributed by atoms with E-state index in [1.807, 2.05) is 27.2 Å². The van der Waals surface area contributed by atoms with Crippen LogP contribution < -0.4 is 10.2 Å². The first-order valence-electron chi connectivity index (χ1n) is 6.84. The van der Waals surface area contributed by atoms with Gasteiger partial charge in [-0.2, -0.15) is 0 Å². The maximum atomic E-state index is 4.59. The van der Waals surface area contributed by atoms with Crippen LogP contribution in [-0.4, -0.2) is 24.1 Å².